The fraction of sp³-hybridized carbons (Fsp3) is 0.0909. The van der Waals surface area contributed by atoms with Crippen LogP contribution in [0.5, 0.6) is 0 Å². The molecule has 160 valence electrons. The van der Waals surface area contributed by atoms with Crippen LogP contribution in [-0.2, 0) is 10.0 Å². The highest BCUT2D eigenvalue weighted by Crippen LogP contribution is 2.26. The van der Waals surface area contributed by atoms with E-state index < -0.39 is 16.0 Å². The van der Waals surface area contributed by atoms with Gasteiger partial charge in [0.05, 0.1) is 22.2 Å². The normalized spacial score (nSPS) is 11.3. The van der Waals surface area contributed by atoms with Crippen molar-refractivity contribution in [3.8, 4) is 11.9 Å². The summed E-state index contributed by atoms with van der Waals surface area (Å²) in [7, 11) is -4.13. The Balaban J connectivity index is 1.81. The van der Waals surface area contributed by atoms with Crippen molar-refractivity contribution in [1.82, 2.24) is 14.8 Å². The van der Waals surface area contributed by atoms with E-state index in [4.69, 9.17) is 5.11 Å². The van der Waals surface area contributed by atoms with Crippen molar-refractivity contribution in [1.29, 1.82) is 5.26 Å². The second-order valence-corrected chi connectivity index (χ2v) is 8.82. The molecule has 2 N–H and O–H groups in total. The number of aryl methyl sites for hydroxylation is 2. The lowest BCUT2D eigenvalue weighted by atomic mass is 10.1. The van der Waals surface area contributed by atoms with E-state index in [2.05, 4.69) is 14.8 Å². The highest BCUT2D eigenvalue weighted by molar-refractivity contribution is 7.92. The number of benzene rings is 2. The van der Waals surface area contributed by atoms with Crippen molar-refractivity contribution >= 4 is 32.7 Å². The Morgan fingerprint density at radius 2 is 1.84 bits per heavy atom. The highest BCUT2D eigenvalue weighted by Gasteiger charge is 2.22. The number of sulfonamides is 1. The molecule has 0 bridgehead atoms. The van der Waals surface area contributed by atoms with Crippen LogP contribution in [0.4, 0.5) is 5.82 Å². The Morgan fingerprint density at radius 3 is 2.50 bits per heavy atom. The van der Waals surface area contributed by atoms with Gasteiger partial charge in [-0.3, -0.25) is 4.72 Å². The van der Waals surface area contributed by atoms with Gasteiger partial charge in [-0.15, -0.1) is 0 Å². The van der Waals surface area contributed by atoms with Crippen LogP contribution in [0.15, 0.2) is 59.6 Å². The predicted molar refractivity (Wildman–Crippen MR) is 117 cm³/mol. The number of rotatable bonds is 5. The first-order valence-corrected chi connectivity index (χ1v) is 10.9. The molecule has 10 heteroatoms. The summed E-state index contributed by atoms with van der Waals surface area (Å²) in [6.07, 6.45) is 1.25. The fourth-order valence-electron chi connectivity index (χ4n) is 3.32. The molecule has 0 spiro atoms. The third-order valence-electron chi connectivity index (χ3n) is 4.98. The number of nitrogens with zero attached hydrogens (tertiary/aromatic N) is 4. The monoisotopic (exact) mass is 447 g/mol. The number of aromatic carboxylic acids is 1. The predicted octanol–water partition coefficient (Wildman–Crippen LogP) is 3.41. The average molecular weight is 447 g/mol. The third-order valence-corrected chi connectivity index (χ3v) is 6.34. The first kappa shape index (κ1) is 21.0. The van der Waals surface area contributed by atoms with Gasteiger partial charge in [0, 0.05) is 5.39 Å². The number of carboxylic acids is 1. The van der Waals surface area contributed by atoms with E-state index in [1.165, 1.54) is 35.1 Å². The number of aromatic nitrogens is 3. The number of nitrogens with one attached hydrogen (secondary N) is 1. The van der Waals surface area contributed by atoms with Crippen molar-refractivity contribution in [2.45, 2.75) is 18.7 Å². The lowest BCUT2D eigenvalue weighted by Crippen LogP contribution is -2.17. The topological polar surface area (TPSA) is 138 Å². The number of anilines is 1. The number of hydrogen-bond acceptors (Lipinski definition) is 6. The van der Waals surface area contributed by atoms with Gasteiger partial charge in [-0.1, -0.05) is 18.2 Å². The van der Waals surface area contributed by atoms with Gasteiger partial charge in [-0.05, 0) is 55.3 Å². The molecular formula is C22H17N5O4S. The van der Waals surface area contributed by atoms with E-state index in [-0.39, 0.29) is 21.8 Å². The molecule has 0 radical (unpaired) electrons. The lowest BCUT2D eigenvalue weighted by Gasteiger charge is -2.13. The maximum atomic E-state index is 12.9. The fourth-order valence-corrected chi connectivity index (χ4v) is 4.38. The van der Waals surface area contributed by atoms with Crippen LogP contribution in [0.3, 0.4) is 0 Å². The van der Waals surface area contributed by atoms with Crippen LogP contribution >= 0.6 is 0 Å². The smallest absolute Gasteiger partial charge is 0.335 e. The van der Waals surface area contributed by atoms with Gasteiger partial charge in [0.2, 0.25) is 0 Å². The molecule has 0 amide bonds. The van der Waals surface area contributed by atoms with Crippen molar-refractivity contribution in [2.75, 3.05) is 4.72 Å². The summed E-state index contributed by atoms with van der Waals surface area (Å²) in [5.74, 6) is -0.876. The minimum Gasteiger partial charge on any atom is -0.478 e. The number of hydrogen-bond donors (Lipinski definition) is 2. The molecule has 0 saturated heterocycles. The summed E-state index contributed by atoms with van der Waals surface area (Å²) in [5.41, 5.74) is 2.58. The zero-order chi connectivity index (χ0) is 23.0. The number of fused-ring (bicyclic) bond motifs is 1. The van der Waals surface area contributed by atoms with Crippen LogP contribution in [0.2, 0.25) is 0 Å². The zero-order valence-electron chi connectivity index (χ0n) is 17.1. The summed E-state index contributed by atoms with van der Waals surface area (Å²) < 4.78 is 29.5. The Kier molecular flexibility index (Phi) is 5.12. The van der Waals surface area contributed by atoms with E-state index in [9.17, 15) is 18.5 Å². The van der Waals surface area contributed by atoms with E-state index in [0.717, 1.165) is 22.0 Å². The maximum absolute atomic E-state index is 12.9. The van der Waals surface area contributed by atoms with Gasteiger partial charge in [-0.2, -0.15) is 15.0 Å². The lowest BCUT2D eigenvalue weighted by molar-refractivity contribution is 0.0696. The summed E-state index contributed by atoms with van der Waals surface area (Å²) >= 11 is 0. The number of para-hydroxylation sites is 1. The summed E-state index contributed by atoms with van der Waals surface area (Å²) in [5, 5.41) is 23.6. The molecular weight excluding hydrogens is 430 g/mol. The number of carbonyl (C=O) groups is 1. The van der Waals surface area contributed by atoms with Crippen molar-refractivity contribution in [3.63, 3.8) is 0 Å². The summed E-state index contributed by atoms with van der Waals surface area (Å²) in [4.78, 5) is 15.5. The summed E-state index contributed by atoms with van der Waals surface area (Å²) in [6.45, 7) is 3.84. The second kappa shape index (κ2) is 7.79. The zero-order valence-corrected chi connectivity index (χ0v) is 17.9. The highest BCUT2D eigenvalue weighted by atomic mass is 32.2. The molecule has 4 rings (SSSR count). The average Bonchev–Trinajstić information content (AvgIpc) is 3.16. The number of carboxylic acid groups (broad SMARTS) is 1. The Labute approximate surface area is 183 Å². The molecule has 0 aliphatic rings. The Morgan fingerprint density at radius 1 is 1.12 bits per heavy atom. The molecule has 0 saturated carbocycles. The van der Waals surface area contributed by atoms with E-state index >= 15 is 0 Å². The van der Waals surface area contributed by atoms with Gasteiger partial charge in [0.25, 0.3) is 10.0 Å². The van der Waals surface area contributed by atoms with Crippen LogP contribution in [-0.4, -0.2) is 34.3 Å². The molecule has 2 aromatic heterocycles. The largest absolute Gasteiger partial charge is 0.478 e. The molecule has 0 fully saturated rings. The molecule has 0 aliphatic carbocycles. The Bertz CT molecular complexity index is 1520. The molecule has 0 aliphatic heterocycles. The first-order valence-electron chi connectivity index (χ1n) is 9.43. The number of pyridine rings is 1. The SMILES string of the molecule is Cc1cc(-n2ncc(C#N)c2NS(=O)(=O)c2ccc(C(=O)O)cc2)nc2c(C)cccc12. The third kappa shape index (κ3) is 3.66. The maximum Gasteiger partial charge on any atom is 0.335 e. The van der Waals surface area contributed by atoms with Crippen LogP contribution in [0.25, 0.3) is 16.7 Å². The molecule has 32 heavy (non-hydrogen) atoms. The molecule has 2 heterocycles. The van der Waals surface area contributed by atoms with E-state index in [1.807, 2.05) is 38.1 Å². The van der Waals surface area contributed by atoms with E-state index in [0.29, 0.717) is 5.82 Å². The molecule has 9 nitrogen and oxygen atoms in total. The first-order chi connectivity index (χ1) is 15.2. The van der Waals surface area contributed by atoms with Crippen LogP contribution in [0, 0.1) is 25.2 Å². The van der Waals surface area contributed by atoms with Crippen molar-refractivity contribution < 1.29 is 18.3 Å². The molecule has 2 aromatic carbocycles. The molecule has 0 unspecified atom stereocenters. The minimum atomic E-state index is -4.13. The van der Waals surface area contributed by atoms with Gasteiger partial charge in [0.1, 0.15) is 11.6 Å². The Hall–Kier alpha value is -4.23. The molecule has 4 aromatic rings. The minimum absolute atomic E-state index is 0.0139. The van der Waals surface area contributed by atoms with Crippen LogP contribution in [0.1, 0.15) is 27.0 Å². The quantitative estimate of drug-likeness (QED) is 0.478. The molecule has 0 atom stereocenters. The van der Waals surface area contributed by atoms with Gasteiger partial charge in [0.15, 0.2) is 11.6 Å². The second-order valence-electron chi connectivity index (χ2n) is 7.13. The van der Waals surface area contributed by atoms with Crippen molar-refractivity contribution in [3.05, 3.63) is 77.0 Å². The van der Waals surface area contributed by atoms with E-state index in [1.54, 1.807) is 6.07 Å². The van der Waals surface area contributed by atoms with Gasteiger partial charge < -0.3 is 5.11 Å². The summed E-state index contributed by atoms with van der Waals surface area (Å²) in [6, 6.07) is 14.2. The van der Waals surface area contributed by atoms with Gasteiger partial charge in [-0.25, -0.2) is 18.2 Å². The standard InChI is InChI=1S/C22H17N5O4S/c1-13-4-3-5-18-14(2)10-19(25-20(13)18)27-21(16(11-23)12-24-27)26-32(30,31)17-8-6-15(7-9-17)22(28)29/h3-10,12,26H,1-2H3,(H,28,29). The van der Waals surface area contributed by atoms with Gasteiger partial charge >= 0.3 is 5.97 Å². The number of nitriles is 1. The van der Waals surface area contributed by atoms with Crippen LogP contribution < -0.4 is 4.72 Å². The van der Waals surface area contributed by atoms with Crippen molar-refractivity contribution in [2.24, 2.45) is 0 Å².